The molecule has 0 aromatic carbocycles. The van der Waals surface area contributed by atoms with Crippen molar-refractivity contribution in [2.75, 3.05) is 0 Å². The van der Waals surface area contributed by atoms with Gasteiger partial charge in [0.25, 0.3) is 0 Å². The van der Waals surface area contributed by atoms with Crippen LogP contribution in [0.3, 0.4) is 0 Å². The summed E-state index contributed by atoms with van der Waals surface area (Å²) >= 11 is 0. The molecule has 1 nitrogen and oxygen atoms in total. The average Bonchev–Trinajstić information content (AvgIpc) is 2.62. The average molecular weight is 167 g/mol. The fourth-order valence-corrected chi connectivity index (χ4v) is 3.07. The maximum atomic E-state index is 6.34. The summed E-state index contributed by atoms with van der Waals surface area (Å²) in [6.45, 7) is 0. The molecule has 0 spiro atoms. The van der Waals surface area contributed by atoms with E-state index in [1.165, 1.54) is 57.8 Å². The third-order valence-corrected chi connectivity index (χ3v) is 3.77. The van der Waals surface area contributed by atoms with E-state index >= 15 is 0 Å². The number of hydrogen-bond donors (Lipinski definition) is 1. The van der Waals surface area contributed by atoms with Crippen molar-refractivity contribution in [1.29, 1.82) is 0 Å². The molecular weight excluding hydrogens is 146 g/mol. The van der Waals surface area contributed by atoms with E-state index in [2.05, 4.69) is 0 Å². The van der Waals surface area contributed by atoms with Gasteiger partial charge in [-0.15, -0.1) is 0 Å². The van der Waals surface area contributed by atoms with Crippen LogP contribution in [0.5, 0.6) is 0 Å². The molecule has 0 amide bonds. The van der Waals surface area contributed by atoms with Crippen LogP contribution in [0.4, 0.5) is 0 Å². The van der Waals surface area contributed by atoms with Crippen molar-refractivity contribution in [3.63, 3.8) is 0 Å². The molecule has 2 saturated carbocycles. The summed E-state index contributed by atoms with van der Waals surface area (Å²) in [4.78, 5) is 0. The Morgan fingerprint density at radius 2 is 1.58 bits per heavy atom. The molecule has 2 N–H and O–H groups in total. The molecule has 0 unspecified atom stereocenters. The van der Waals surface area contributed by atoms with Gasteiger partial charge in [0, 0.05) is 5.54 Å². The maximum Gasteiger partial charge on any atom is 0.0157 e. The van der Waals surface area contributed by atoms with Crippen LogP contribution in [-0.4, -0.2) is 5.54 Å². The summed E-state index contributed by atoms with van der Waals surface area (Å²) in [5, 5.41) is 0. The molecule has 12 heavy (non-hydrogen) atoms. The van der Waals surface area contributed by atoms with Gasteiger partial charge in [0.05, 0.1) is 0 Å². The Morgan fingerprint density at radius 3 is 2.17 bits per heavy atom. The zero-order chi connectivity index (χ0) is 8.44. The van der Waals surface area contributed by atoms with Crippen LogP contribution in [0.1, 0.15) is 57.8 Å². The monoisotopic (exact) mass is 167 g/mol. The molecule has 70 valence electrons. The summed E-state index contributed by atoms with van der Waals surface area (Å²) in [7, 11) is 0. The van der Waals surface area contributed by atoms with Gasteiger partial charge in [0.1, 0.15) is 0 Å². The highest BCUT2D eigenvalue weighted by atomic mass is 14.8. The summed E-state index contributed by atoms with van der Waals surface area (Å²) < 4.78 is 0. The van der Waals surface area contributed by atoms with Crippen molar-refractivity contribution >= 4 is 0 Å². The molecule has 2 rings (SSSR count). The molecule has 2 fully saturated rings. The van der Waals surface area contributed by atoms with E-state index in [1.807, 2.05) is 0 Å². The minimum atomic E-state index is 0.259. The molecule has 0 heterocycles. The van der Waals surface area contributed by atoms with Crippen LogP contribution in [0, 0.1) is 5.92 Å². The first kappa shape index (κ1) is 8.55. The first-order chi connectivity index (χ1) is 5.79. The number of rotatable bonds is 2. The molecule has 0 saturated heterocycles. The Labute approximate surface area is 75.7 Å². The number of hydrogen-bond acceptors (Lipinski definition) is 1. The van der Waals surface area contributed by atoms with Crippen LogP contribution in [0.2, 0.25) is 0 Å². The highest BCUT2D eigenvalue weighted by Gasteiger charge is 2.32. The van der Waals surface area contributed by atoms with E-state index in [-0.39, 0.29) is 5.54 Å². The SMILES string of the molecule is NC1(CC2CCCC2)CCCC1. The van der Waals surface area contributed by atoms with Gasteiger partial charge >= 0.3 is 0 Å². The molecule has 1 heteroatoms. The molecule has 0 bridgehead atoms. The third kappa shape index (κ3) is 1.82. The van der Waals surface area contributed by atoms with Gasteiger partial charge in [-0.25, -0.2) is 0 Å². The van der Waals surface area contributed by atoms with Gasteiger partial charge < -0.3 is 5.73 Å². The summed E-state index contributed by atoms with van der Waals surface area (Å²) in [6.07, 6.45) is 12.5. The predicted octanol–water partition coefficient (Wildman–Crippen LogP) is 2.84. The van der Waals surface area contributed by atoms with Gasteiger partial charge in [-0.05, 0) is 25.2 Å². The minimum absolute atomic E-state index is 0.259. The standard InChI is InChI=1S/C11H21N/c12-11(7-3-4-8-11)9-10-5-1-2-6-10/h10H,1-9,12H2. The van der Waals surface area contributed by atoms with Crippen molar-refractivity contribution in [3.8, 4) is 0 Å². The van der Waals surface area contributed by atoms with E-state index in [9.17, 15) is 0 Å². The lowest BCUT2D eigenvalue weighted by Gasteiger charge is -2.26. The minimum Gasteiger partial charge on any atom is -0.325 e. The topological polar surface area (TPSA) is 26.0 Å². The molecule has 0 radical (unpaired) electrons. The second-order valence-corrected chi connectivity index (χ2v) is 4.92. The van der Waals surface area contributed by atoms with Gasteiger partial charge in [-0.1, -0.05) is 38.5 Å². The Kier molecular flexibility index (Phi) is 2.40. The lowest BCUT2D eigenvalue weighted by Crippen LogP contribution is -2.38. The zero-order valence-electron chi connectivity index (χ0n) is 8.02. The Bertz CT molecular complexity index is 141. The van der Waals surface area contributed by atoms with Crippen LogP contribution < -0.4 is 5.73 Å². The second kappa shape index (κ2) is 3.37. The fourth-order valence-electron chi connectivity index (χ4n) is 3.07. The Hall–Kier alpha value is -0.0400. The van der Waals surface area contributed by atoms with Gasteiger partial charge in [0.2, 0.25) is 0 Å². The van der Waals surface area contributed by atoms with E-state index in [0.29, 0.717) is 0 Å². The second-order valence-electron chi connectivity index (χ2n) is 4.92. The first-order valence-electron chi connectivity index (χ1n) is 5.57. The van der Waals surface area contributed by atoms with Gasteiger partial charge in [-0.2, -0.15) is 0 Å². The molecule has 0 aromatic heterocycles. The zero-order valence-corrected chi connectivity index (χ0v) is 8.02. The summed E-state index contributed by atoms with van der Waals surface area (Å²) in [5.41, 5.74) is 6.60. The quantitative estimate of drug-likeness (QED) is 0.672. The van der Waals surface area contributed by atoms with Crippen molar-refractivity contribution in [1.82, 2.24) is 0 Å². The van der Waals surface area contributed by atoms with E-state index in [1.54, 1.807) is 0 Å². The smallest absolute Gasteiger partial charge is 0.0157 e. The van der Waals surface area contributed by atoms with E-state index in [0.717, 1.165) is 5.92 Å². The highest BCUT2D eigenvalue weighted by molar-refractivity contribution is 4.91. The lowest BCUT2D eigenvalue weighted by molar-refractivity contribution is 0.324. The van der Waals surface area contributed by atoms with Crippen LogP contribution in [-0.2, 0) is 0 Å². The van der Waals surface area contributed by atoms with Crippen molar-refractivity contribution in [2.24, 2.45) is 11.7 Å². The molecule has 2 aliphatic carbocycles. The predicted molar refractivity (Wildman–Crippen MR) is 52.0 cm³/mol. The van der Waals surface area contributed by atoms with Crippen molar-refractivity contribution in [3.05, 3.63) is 0 Å². The fraction of sp³-hybridized carbons (Fsp3) is 1.00. The molecule has 0 aliphatic heterocycles. The molecule has 0 atom stereocenters. The normalized spacial score (nSPS) is 29.8. The molecule has 0 aromatic rings. The van der Waals surface area contributed by atoms with E-state index < -0.39 is 0 Å². The maximum absolute atomic E-state index is 6.34. The molecule has 2 aliphatic rings. The van der Waals surface area contributed by atoms with Crippen LogP contribution >= 0.6 is 0 Å². The summed E-state index contributed by atoms with van der Waals surface area (Å²) in [5.74, 6) is 0.980. The number of nitrogens with two attached hydrogens (primary N) is 1. The van der Waals surface area contributed by atoms with E-state index in [4.69, 9.17) is 5.73 Å². The van der Waals surface area contributed by atoms with Crippen molar-refractivity contribution < 1.29 is 0 Å². The lowest BCUT2D eigenvalue weighted by atomic mass is 9.86. The van der Waals surface area contributed by atoms with Crippen molar-refractivity contribution in [2.45, 2.75) is 63.3 Å². The van der Waals surface area contributed by atoms with Crippen LogP contribution in [0.25, 0.3) is 0 Å². The van der Waals surface area contributed by atoms with Gasteiger partial charge in [0.15, 0.2) is 0 Å². The summed E-state index contributed by atoms with van der Waals surface area (Å²) in [6, 6.07) is 0. The Morgan fingerprint density at radius 1 is 1.00 bits per heavy atom. The first-order valence-corrected chi connectivity index (χ1v) is 5.57. The highest BCUT2D eigenvalue weighted by Crippen LogP contribution is 2.38. The largest absolute Gasteiger partial charge is 0.325 e. The van der Waals surface area contributed by atoms with Gasteiger partial charge in [-0.3, -0.25) is 0 Å². The Balaban J connectivity index is 1.83. The molecular formula is C11H21N. The third-order valence-electron chi connectivity index (χ3n) is 3.77. The van der Waals surface area contributed by atoms with Crippen LogP contribution in [0.15, 0.2) is 0 Å².